The van der Waals surface area contributed by atoms with Gasteiger partial charge in [-0.25, -0.2) is 4.98 Å². The van der Waals surface area contributed by atoms with E-state index in [0.717, 1.165) is 43.7 Å². The van der Waals surface area contributed by atoms with Crippen LogP contribution in [0.5, 0.6) is 0 Å². The summed E-state index contributed by atoms with van der Waals surface area (Å²) in [5.41, 5.74) is 1.55. The maximum absolute atomic E-state index is 10.8. The number of alkyl halides is 1. The first kappa shape index (κ1) is 14.1. The van der Waals surface area contributed by atoms with Gasteiger partial charge in [-0.2, -0.15) is 0 Å². The molecule has 3 rings (SSSR count). The largest absolute Gasteiger partial charge is 0.339 e. The molecule has 6 nitrogen and oxygen atoms in total. The molecule has 21 heavy (non-hydrogen) atoms. The Morgan fingerprint density at radius 2 is 2.38 bits per heavy atom. The van der Waals surface area contributed by atoms with E-state index in [1.165, 1.54) is 12.1 Å². The fourth-order valence-electron chi connectivity index (χ4n) is 2.96. The summed E-state index contributed by atoms with van der Waals surface area (Å²) in [4.78, 5) is 20.5. The molecule has 1 unspecified atom stereocenters. The first-order valence-corrected chi connectivity index (χ1v) is 7.69. The van der Waals surface area contributed by atoms with Crippen LogP contribution in [-0.4, -0.2) is 33.4 Å². The number of non-ortho nitro benzene ring substituents is 1. The number of nitrogens with zero attached hydrogens (tertiary/aromatic N) is 3. The zero-order chi connectivity index (χ0) is 14.8. The second kappa shape index (κ2) is 5.89. The molecular formula is C14H17ClN4O2. The molecule has 1 N–H and O–H groups in total. The van der Waals surface area contributed by atoms with Crippen molar-refractivity contribution in [2.45, 2.75) is 31.7 Å². The predicted octanol–water partition coefficient (Wildman–Crippen LogP) is 3.46. The maximum Gasteiger partial charge on any atom is 0.271 e. The lowest BCUT2D eigenvalue weighted by Gasteiger charge is -2.23. The number of nitro groups is 1. The van der Waals surface area contributed by atoms with Crippen LogP contribution in [0.25, 0.3) is 11.0 Å². The summed E-state index contributed by atoms with van der Waals surface area (Å²) in [5.74, 6) is 1.49. The lowest BCUT2D eigenvalue weighted by atomic mass is 10.1. The summed E-state index contributed by atoms with van der Waals surface area (Å²) in [6.07, 6.45) is 4.34. The number of nitro benzene ring substituents is 1. The van der Waals surface area contributed by atoms with E-state index in [1.54, 1.807) is 6.07 Å². The minimum Gasteiger partial charge on any atom is -0.339 e. The smallest absolute Gasteiger partial charge is 0.271 e. The first-order chi connectivity index (χ1) is 10.2. The Hall–Kier alpha value is -1.82. The molecule has 0 aliphatic carbocycles. The first-order valence-electron chi connectivity index (χ1n) is 7.16. The van der Waals surface area contributed by atoms with E-state index in [0.29, 0.717) is 17.4 Å². The zero-order valence-corrected chi connectivity index (χ0v) is 12.3. The van der Waals surface area contributed by atoms with Crippen LogP contribution in [0.15, 0.2) is 18.2 Å². The number of hydrogen-bond acceptors (Lipinski definition) is 4. The summed E-state index contributed by atoms with van der Waals surface area (Å²) in [6.45, 7) is 0.967. The minimum atomic E-state index is -0.390. The monoisotopic (exact) mass is 308 g/mol. The van der Waals surface area contributed by atoms with E-state index in [9.17, 15) is 10.1 Å². The number of fused-ring (bicyclic) bond motifs is 1. The highest BCUT2D eigenvalue weighted by Crippen LogP contribution is 2.29. The van der Waals surface area contributed by atoms with Gasteiger partial charge in [0.25, 0.3) is 5.69 Å². The van der Waals surface area contributed by atoms with Gasteiger partial charge in [-0.15, -0.1) is 11.6 Å². The summed E-state index contributed by atoms with van der Waals surface area (Å²) < 4.78 is 0. The molecule has 1 saturated heterocycles. The normalized spacial score (nSPS) is 18.5. The van der Waals surface area contributed by atoms with Crippen LogP contribution < -0.4 is 4.90 Å². The fraction of sp³-hybridized carbons (Fsp3) is 0.500. The zero-order valence-electron chi connectivity index (χ0n) is 11.6. The van der Waals surface area contributed by atoms with Crippen molar-refractivity contribution < 1.29 is 4.92 Å². The van der Waals surface area contributed by atoms with Crippen LogP contribution in [0.4, 0.5) is 11.6 Å². The minimum absolute atomic E-state index is 0.0813. The molecule has 0 radical (unpaired) electrons. The van der Waals surface area contributed by atoms with Gasteiger partial charge in [0.15, 0.2) is 0 Å². The topological polar surface area (TPSA) is 75.1 Å². The van der Waals surface area contributed by atoms with Gasteiger partial charge in [0.2, 0.25) is 5.95 Å². The Morgan fingerprint density at radius 3 is 3.14 bits per heavy atom. The number of hydrogen-bond donors (Lipinski definition) is 1. The molecule has 0 amide bonds. The number of rotatable bonds is 5. The van der Waals surface area contributed by atoms with Gasteiger partial charge in [-0.1, -0.05) is 0 Å². The van der Waals surface area contributed by atoms with Gasteiger partial charge in [-0.05, 0) is 31.7 Å². The predicted molar refractivity (Wildman–Crippen MR) is 83.1 cm³/mol. The molecule has 1 atom stereocenters. The number of imidazole rings is 1. The third kappa shape index (κ3) is 2.81. The summed E-state index contributed by atoms with van der Waals surface area (Å²) in [5, 5.41) is 10.8. The van der Waals surface area contributed by atoms with Crippen molar-refractivity contribution in [1.82, 2.24) is 9.97 Å². The van der Waals surface area contributed by atoms with Crippen molar-refractivity contribution in [3.05, 3.63) is 28.3 Å². The molecule has 0 saturated carbocycles. The molecular weight excluding hydrogens is 292 g/mol. The number of H-pyrrole nitrogens is 1. The highest BCUT2D eigenvalue weighted by atomic mass is 35.5. The summed E-state index contributed by atoms with van der Waals surface area (Å²) >= 11 is 5.78. The van der Waals surface area contributed by atoms with Crippen LogP contribution in [0, 0.1) is 10.1 Å². The van der Waals surface area contributed by atoms with E-state index < -0.39 is 0 Å². The Balaban J connectivity index is 1.88. The Bertz CT molecular complexity index is 657. The Kier molecular flexibility index (Phi) is 3.96. The molecule has 1 fully saturated rings. The highest BCUT2D eigenvalue weighted by molar-refractivity contribution is 6.17. The number of anilines is 1. The average molecular weight is 309 g/mol. The Morgan fingerprint density at radius 1 is 1.52 bits per heavy atom. The van der Waals surface area contributed by atoms with E-state index in [4.69, 9.17) is 11.6 Å². The Labute approximate surface area is 127 Å². The van der Waals surface area contributed by atoms with Crippen molar-refractivity contribution in [2.24, 2.45) is 0 Å². The number of aromatic amines is 1. The third-order valence-corrected chi connectivity index (χ3v) is 4.25. The van der Waals surface area contributed by atoms with Crippen LogP contribution in [0.1, 0.15) is 25.7 Å². The van der Waals surface area contributed by atoms with Crippen LogP contribution in [0.3, 0.4) is 0 Å². The molecule has 0 spiro atoms. The summed E-state index contributed by atoms with van der Waals surface area (Å²) in [6, 6.07) is 5.17. The van der Waals surface area contributed by atoms with Gasteiger partial charge in [0.1, 0.15) is 0 Å². The quantitative estimate of drug-likeness (QED) is 0.521. The van der Waals surface area contributed by atoms with Crippen molar-refractivity contribution in [2.75, 3.05) is 17.3 Å². The lowest BCUT2D eigenvalue weighted by molar-refractivity contribution is -0.384. The lowest BCUT2D eigenvalue weighted by Crippen LogP contribution is -2.30. The van der Waals surface area contributed by atoms with Gasteiger partial charge < -0.3 is 9.88 Å². The second-order valence-corrected chi connectivity index (χ2v) is 5.72. The molecule has 1 aromatic heterocycles. The van der Waals surface area contributed by atoms with Gasteiger partial charge in [-0.3, -0.25) is 10.1 Å². The third-order valence-electron chi connectivity index (χ3n) is 3.98. The molecule has 2 heterocycles. The molecule has 7 heteroatoms. The van der Waals surface area contributed by atoms with E-state index in [2.05, 4.69) is 14.9 Å². The van der Waals surface area contributed by atoms with Crippen molar-refractivity contribution in [1.29, 1.82) is 0 Å². The SMILES string of the molecule is O=[N+]([O-])c1ccc2nc(N3CCCC3CCCCl)[nH]c2c1. The van der Waals surface area contributed by atoms with Crippen LogP contribution >= 0.6 is 11.6 Å². The number of halogens is 1. The van der Waals surface area contributed by atoms with Gasteiger partial charge in [0, 0.05) is 30.6 Å². The van der Waals surface area contributed by atoms with Crippen molar-refractivity contribution >= 4 is 34.3 Å². The molecule has 2 aromatic rings. The van der Waals surface area contributed by atoms with Crippen molar-refractivity contribution in [3.63, 3.8) is 0 Å². The maximum atomic E-state index is 10.8. The molecule has 1 aliphatic rings. The van der Waals surface area contributed by atoms with Crippen LogP contribution in [-0.2, 0) is 0 Å². The average Bonchev–Trinajstić information content (AvgIpc) is 3.09. The van der Waals surface area contributed by atoms with E-state index in [1.807, 2.05) is 0 Å². The van der Waals surface area contributed by atoms with Gasteiger partial charge >= 0.3 is 0 Å². The molecule has 1 aromatic carbocycles. The van der Waals surface area contributed by atoms with Crippen LogP contribution in [0.2, 0.25) is 0 Å². The van der Waals surface area contributed by atoms with E-state index in [-0.39, 0.29) is 10.6 Å². The summed E-state index contributed by atoms with van der Waals surface area (Å²) in [7, 11) is 0. The number of benzene rings is 1. The van der Waals surface area contributed by atoms with Gasteiger partial charge in [0.05, 0.1) is 16.0 Å². The number of aromatic nitrogens is 2. The highest BCUT2D eigenvalue weighted by Gasteiger charge is 2.26. The number of nitrogens with one attached hydrogen (secondary N) is 1. The standard InChI is InChI=1S/C14H17ClN4O2/c15-7-1-3-10-4-2-8-18(10)14-16-12-6-5-11(19(20)21)9-13(12)17-14/h5-6,9-10H,1-4,7-8H2,(H,16,17). The molecule has 1 aliphatic heterocycles. The molecule has 112 valence electrons. The molecule has 0 bridgehead atoms. The van der Waals surface area contributed by atoms with E-state index >= 15 is 0 Å². The fourth-order valence-corrected chi connectivity index (χ4v) is 3.12. The second-order valence-electron chi connectivity index (χ2n) is 5.34. The van der Waals surface area contributed by atoms with Crippen molar-refractivity contribution in [3.8, 4) is 0 Å².